The van der Waals surface area contributed by atoms with E-state index in [-0.39, 0.29) is 0 Å². The number of benzene rings is 1. The van der Waals surface area contributed by atoms with Crippen molar-refractivity contribution in [3.63, 3.8) is 0 Å². The third-order valence-electron chi connectivity index (χ3n) is 2.89. The Hall–Kier alpha value is -1.16. The van der Waals surface area contributed by atoms with Gasteiger partial charge >= 0.3 is 0 Å². The van der Waals surface area contributed by atoms with Gasteiger partial charge in [-0.15, -0.1) is 5.10 Å². The zero-order chi connectivity index (χ0) is 12.3. The third-order valence-corrected chi connectivity index (χ3v) is 3.24. The van der Waals surface area contributed by atoms with Crippen LogP contribution < -0.4 is 4.90 Å². The molecule has 0 fully saturated rings. The minimum Gasteiger partial charge on any atom is -0.354 e. The second-order valence-electron chi connectivity index (χ2n) is 3.92. The molecule has 17 heavy (non-hydrogen) atoms. The minimum atomic E-state index is 0.935. The number of aryl methyl sites for hydroxylation is 1. The fourth-order valence-corrected chi connectivity index (χ4v) is 2.40. The Morgan fingerprint density at radius 1 is 1.18 bits per heavy atom. The molecule has 1 aromatic carbocycles. The monoisotopic (exact) mass is 293 g/mol. The third kappa shape index (κ3) is 2.41. The smallest absolute Gasteiger partial charge is 0.159 e. The molecule has 0 N–H and O–H groups in total. The van der Waals surface area contributed by atoms with E-state index in [2.05, 4.69) is 56.2 Å². The summed E-state index contributed by atoms with van der Waals surface area (Å²) in [4.78, 5) is 2.24. The molecule has 0 aliphatic heterocycles. The van der Waals surface area contributed by atoms with Crippen LogP contribution in [-0.2, 0) is 0 Å². The van der Waals surface area contributed by atoms with Gasteiger partial charge in [-0.25, -0.2) is 0 Å². The molecule has 0 saturated carbocycles. The summed E-state index contributed by atoms with van der Waals surface area (Å²) >= 11 is 3.48. The zero-order valence-electron chi connectivity index (χ0n) is 10.2. The number of rotatable bonds is 4. The van der Waals surface area contributed by atoms with E-state index in [0.29, 0.717) is 0 Å². The van der Waals surface area contributed by atoms with E-state index in [1.165, 1.54) is 10.8 Å². The van der Waals surface area contributed by atoms with Gasteiger partial charge < -0.3 is 4.90 Å². The molecule has 0 saturated heterocycles. The van der Waals surface area contributed by atoms with Gasteiger partial charge in [0.15, 0.2) is 5.82 Å². The molecule has 2 rings (SSSR count). The Morgan fingerprint density at radius 2 is 1.88 bits per heavy atom. The van der Waals surface area contributed by atoms with E-state index in [1.54, 1.807) is 0 Å². The van der Waals surface area contributed by atoms with Crippen LogP contribution >= 0.6 is 15.9 Å². The average Bonchev–Trinajstić information content (AvgIpc) is 2.37. The quantitative estimate of drug-likeness (QED) is 0.811. The molecule has 1 heterocycles. The number of nitrogens with zero attached hydrogens (tertiary/aromatic N) is 3. The van der Waals surface area contributed by atoms with Crippen LogP contribution in [0.4, 0.5) is 5.82 Å². The SMILES string of the molecule is CCN(CCBr)c1nnc(C)c2ccccc12. The number of halogens is 1. The van der Waals surface area contributed by atoms with Gasteiger partial charge in [-0.3, -0.25) is 0 Å². The van der Waals surface area contributed by atoms with Gasteiger partial charge in [0.25, 0.3) is 0 Å². The lowest BCUT2D eigenvalue weighted by Crippen LogP contribution is -2.26. The second-order valence-corrected chi connectivity index (χ2v) is 4.72. The molecule has 0 aliphatic carbocycles. The number of anilines is 1. The highest BCUT2D eigenvalue weighted by Gasteiger charge is 2.11. The lowest BCUT2D eigenvalue weighted by molar-refractivity contribution is 0.834. The van der Waals surface area contributed by atoms with Crippen LogP contribution in [0, 0.1) is 6.92 Å². The molecule has 0 radical (unpaired) electrons. The summed E-state index contributed by atoms with van der Waals surface area (Å²) in [6.07, 6.45) is 0. The highest BCUT2D eigenvalue weighted by Crippen LogP contribution is 2.25. The molecule has 2 aromatic rings. The fourth-order valence-electron chi connectivity index (χ4n) is 1.97. The van der Waals surface area contributed by atoms with Crippen molar-refractivity contribution >= 4 is 32.5 Å². The highest BCUT2D eigenvalue weighted by molar-refractivity contribution is 9.09. The number of hydrogen-bond donors (Lipinski definition) is 0. The van der Waals surface area contributed by atoms with Gasteiger partial charge in [-0.05, 0) is 13.8 Å². The highest BCUT2D eigenvalue weighted by atomic mass is 79.9. The van der Waals surface area contributed by atoms with E-state index in [1.807, 2.05) is 13.0 Å². The molecule has 0 bridgehead atoms. The van der Waals surface area contributed by atoms with Gasteiger partial charge in [-0.2, -0.15) is 5.10 Å². The van der Waals surface area contributed by atoms with Crippen LogP contribution in [-0.4, -0.2) is 28.6 Å². The predicted molar refractivity (Wildman–Crippen MR) is 76.0 cm³/mol. The van der Waals surface area contributed by atoms with Gasteiger partial charge in [0.1, 0.15) is 0 Å². The van der Waals surface area contributed by atoms with Crippen LogP contribution in [0.1, 0.15) is 12.6 Å². The van der Waals surface area contributed by atoms with Gasteiger partial charge in [0, 0.05) is 29.2 Å². The molecule has 0 spiro atoms. The van der Waals surface area contributed by atoms with Crippen molar-refractivity contribution < 1.29 is 0 Å². The Bertz CT molecular complexity index is 513. The maximum absolute atomic E-state index is 4.35. The van der Waals surface area contributed by atoms with Crippen LogP contribution in [0.2, 0.25) is 0 Å². The molecular formula is C13H16BrN3. The summed E-state index contributed by atoms with van der Waals surface area (Å²) < 4.78 is 0. The zero-order valence-corrected chi connectivity index (χ0v) is 11.7. The number of aromatic nitrogens is 2. The lowest BCUT2D eigenvalue weighted by Gasteiger charge is -2.22. The number of alkyl halides is 1. The van der Waals surface area contributed by atoms with Gasteiger partial charge in [0.2, 0.25) is 0 Å². The summed E-state index contributed by atoms with van der Waals surface area (Å²) in [5.41, 5.74) is 0.985. The van der Waals surface area contributed by atoms with Crippen molar-refractivity contribution in [1.29, 1.82) is 0 Å². The number of hydrogen-bond acceptors (Lipinski definition) is 3. The fraction of sp³-hybridized carbons (Fsp3) is 0.385. The maximum atomic E-state index is 4.35. The maximum Gasteiger partial charge on any atom is 0.159 e. The molecule has 1 aromatic heterocycles. The van der Waals surface area contributed by atoms with Crippen molar-refractivity contribution in [3.05, 3.63) is 30.0 Å². The predicted octanol–water partition coefficient (Wildman–Crippen LogP) is 3.16. The van der Waals surface area contributed by atoms with E-state index < -0.39 is 0 Å². The first kappa shape index (κ1) is 12.3. The summed E-state index contributed by atoms with van der Waals surface area (Å²) in [5.74, 6) is 0.980. The first-order valence-electron chi connectivity index (χ1n) is 5.80. The Morgan fingerprint density at radius 3 is 2.53 bits per heavy atom. The van der Waals surface area contributed by atoms with Crippen molar-refractivity contribution in [2.24, 2.45) is 0 Å². The minimum absolute atomic E-state index is 0.935. The second kappa shape index (κ2) is 5.45. The topological polar surface area (TPSA) is 29.0 Å². The van der Waals surface area contributed by atoms with Crippen LogP contribution in [0.15, 0.2) is 24.3 Å². The van der Waals surface area contributed by atoms with Gasteiger partial charge in [-0.1, -0.05) is 40.2 Å². The summed E-state index contributed by atoms with van der Waals surface area (Å²) in [6, 6.07) is 8.31. The van der Waals surface area contributed by atoms with Crippen LogP contribution in [0.25, 0.3) is 10.8 Å². The van der Waals surface area contributed by atoms with E-state index in [4.69, 9.17) is 0 Å². The van der Waals surface area contributed by atoms with Crippen molar-refractivity contribution in [2.45, 2.75) is 13.8 Å². The van der Waals surface area contributed by atoms with E-state index in [9.17, 15) is 0 Å². The van der Waals surface area contributed by atoms with Gasteiger partial charge in [0.05, 0.1) is 5.69 Å². The average molecular weight is 294 g/mol. The molecule has 0 amide bonds. The molecule has 0 atom stereocenters. The largest absolute Gasteiger partial charge is 0.354 e. The lowest BCUT2D eigenvalue weighted by atomic mass is 10.1. The van der Waals surface area contributed by atoms with Crippen molar-refractivity contribution in [3.8, 4) is 0 Å². The standard InChI is InChI=1S/C13H16BrN3/c1-3-17(9-8-14)13-12-7-5-4-6-11(12)10(2)15-16-13/h4-7H,3,8-9H2,1-2H3. The molecule has 4 heteroatoms. The molecule has 0 aliphatic rings. The van der Waals surface area contributed by atoms with Crippen LogP contribution in [0.5, 0.6) is 0 Å². The summed E-state index contributed by atoms with van der Waals surface area (Å²) in [7, 11) is 0. The van der Waals surface area contributed by atoms with Crippen LogP contribution in [0.3, 0.4) is 0 Å². The summed E-state index contributed by atoms with van der Waals surface area (Å²) in [6.45, 7) is 6.02. The Kier molecular flexibility index (Phi) is 3.94. The first-order valence-corrected chi connectivity index (χ1v) is 6.93. The van der Waals surface area contributed by atoms with Crippen molar-refractivity contribution in [1.82, 2.24) is 10.2 Å². The van der Waals surface area contributed by atoms with E-state index in [0.717, 1.165) is 29.9 Å². The van der Waals surface area contributed by atoms with Crippen molar-refractivity contribution in [2.75, 3.05) is 23.3 Å². The Labute approximate surface area is 110 Å². The number of fused-ring (bicyclic) bond motifs is 1. The Balaban J connectivity index is 2.57. The molecule has 90 valence electrons. The normalized spacial score (nSPS) is 10.8. The summed E-state index contributed by atoms with van der Waals surface area (Å²) in [5, 5.41) is 11.9. The molecule has 0 unspecified atom stereocenters. The first-order chi connectivity index (χ1) is 8.27. The van der Waals surface area contributed by atoms with E-state index >= 15 is 0 Å². The molecular weight excluding hydrogens is 278 g/mol. The molecule has 3 nitrogen and oxygen atoms in total.